The molecule has 1 heterocycles. The van der Waals surface area contributed by atoms with Gasteiger partial charge < -0.3 is 10.6 Å². The molecule has 3 aromatic rings. The molecule has 1 fully saturated rings. The third-order valence-corrected chi connectivity index (χ3v) is 5.79. The lowest BCUT2D eigenvalue weighted by molar-refractivity contribution is 0.0952. The smallest absolute Gasteiger partial charge is 0.255 e. The summed E-state index contributed by atoms with van der Waals surface area (Å²) in [6, 6.07) is 24.6. The first-order valence-electron chi connectivity index (χ1n) is 11.2. The molecular weight excluding hydrogens is 398 g/mol. The average Bonchev–Trinajstić information content (AvgIpc) is 2.84. The SMILES string of the molecule is O=C(Nc1ccccc1C(=O)NCc1ccccc1)c1ccc(CN2CCCCC2)cc1. The number of likely N-dealkylation sites (tertiary alicyclic amines) is 1. The first kappa shape index (κ1) is 21.8. The highest BCUT2D eigenvalue weighted by Crippen LogP contribution is 2.18. The number of carbonyl (C=O) groups excluding carboxylic acids is 2. The molecule has 32 heavy (non-hydrogen) atoms. The fourth-order valence-electron chi connectivity index (χ4n) is 4.00. The van der Waals surface area contributed by atoms with Gasteiger partial charge in [0.1, 0.15) is 0 Å². The van der Waals surface area contributed by atoms with Crippen LogP contribution < -0.4 is 10.6 Å². The maximum absolute atomic E-state index is 12.8. The highest BCUT2D eigenvalue weighted by molar-refractivity contribution is 6.09. The van der Waals surface area contributed by atoms with Gasteiger partial charge in [0.2, 0.25) is 0 Å². The fourth-order valence-corrected chi connectivity index (χ4v) is 4.00. The largest absolute Gasteiger partial charge is 0.348 e. The minimum Gasteiger partial charge on any atom is -0.348 e. The zero-order valence-corrected chi connectivity index (χ0v) is 18.2. The zero-order valence-electron chi connectivity index (χ0n) is 18.2. The van der Waals surface area contributed by atoms with Gasteiger partial charge in [-0.3, -0.25) is 14.5 Å². The van der Waals surface area contributed by atoms with Crippen molar-refractivity contribution in [1.82, 2.24) is 10.2 Å². The van der Waals surface area contributed by atoms with Crippen LogP contribution in [0.4, 0.5) is 5.69 Å². The Kier molecular flexibility index (Phi) is 7.31. The van der Waals surface area contributed by atoms with Crippen molar-refractivity contribution >= 4 is 17.5 Å². The Labute approximate surface area is 189 Å². The number of amides is 2. The van der Waals surface area contributed by atoms with Crippen LogP contribution in [-0.4, -0.2) is 29.8 Å². The van der Waals surface area contributed by atoms with Crippen molar-refractivity contribution < 1.29 is 9.59 Å². The van der Waals surface area contributed by atoms with Crippen LogP contribution in [0.2, 0.25) is 0 Å². The van der Waals surface area contributed by atoms with E-state index in [1.54, 1.807) is 18.2 Å². The number of nitrogens with zero attached hydrogens (tertiary/aromatic N) is 1. The Morgan fingerprint density at radius 3 is 2.16 bits per heavy atom. The number of benzene rings is 3. The van der Waals surface area contributed by atoms with Gasteiger partial charge in [0.05, 0.1) is 11.3 Å². The summed E-state index contributed by atoms with van der Waals surface area (Å²) in [5, 5.41) is 5.82. The highest BCUT2D eigenvalue weighted by atomic mass is 16.2. The van der Waals surface area contributed by atoms with Crippen molar-refractivity contribution in [3.8, 4) is 0 Å². The lowest BCUT2D eigenvalue weighted by atomic mass is 10.1. The molecule has 2 N–H and O–H groups in total. The van der Waals surface area contributed by atoms with E-state index in [1.165, 1.54) is 24.8 Å². The Bertz CT molecular complexity index is 1040. The molecule has 3 aromatic carbocycles. The first-order valence-corrected chi connectivity index (χ1v) is 11.2. The Morgan fingerprint density at radius 2 is 1.41 bits per heavy atom. The normalized spacial score (nSPS) is 14.0. The third-order valence-electron chi connectivity index (χ3n) is 5.79. The van der Waals surface area contributed by atoms with Crippen LogP contribution in [0, 0.1) is 0 Å². The molecule has 2 amide bonds. The summed E-state index contributed by atoms with van der Waals surface area (Å²) >= 11 is 0. The van der Waals surface area contributed by atoms with Crippen LogP contribution in [0.1, 0.15) is 51.1 Å². The van der Waals surface area contributed by atoms with Crippen molar-refractivity contribution in [3.05, 3.63) is 101 Å². The zero-order chi connectivity index (χ0) is 22.2. The molecule has 0 spiro atoms. The number of anilines is 1. The lowest BCUT2D eigenvalue weighted by Gasteiger charge is -2.26. The summed E-state index contributed by atoms with van der Waals surface area (Å²) < 4.78 is 0. The van der Waals surface area contributed by atoms with Gasteiger partial charge in [0.25, 0.3) is 11.8 Å². The second kappa shape index (κ2) is 10.7. The number of hydrogen-bond acceptors (Lipinski definition) is 3. The molecule has 0 atom stereocenters. The molecule has 1 aliphatic heterocycles. The van der Waals surface area contributed by atoms with E-state index in [0.29, 0.717) is 23.4 Å². The summed E-state index contributed by atoms with van der Waals surface area (Å²) in [4.78, 5) is 28.0. The summed E-state index contributed by atoms with van der Waals surface area (Å²) in [7, 11) is 0. The fraction of sp³-hybridized carbons (Fsp3) is 0.259. The number of hydrogen-bond donors (Lipinski definition) is 2. The Balaban J connectivity index is 1.38. The molecule has 4 rings (SSSR count). The molecule has 0 radical (unpaired) electrons. The van der Waals surface area contributed by atoms with Gasteiger partial charge in [-0.25, -0.2) is 0 Å². The van der Waals surface area contributed by atoms with Crippen LogP contribution in [0.5, 0.6) is 0 Å². The van der Waals surface area contributed by atoms with Crippen molar-refractivity contribution in [2.75, 3.05) is 18.4 Å². The molecule has 5 nitrogen and oxygen atoms in total. The van der Waals surface area contributed by atoms with E-state index in [9.17, 15) is 9.59 Å². The second-order valence-electron chi connectivity index (χ2n) is 8.20. The van der Waals surface area contributed by atoms with Gasteiger partial charge in [0, 0.05) is 18.7 Å². The van der Waals surface area contributed by atoms with E-state index >= 15 is 0 Å². The highest BCUT2D eigenvalue weighted by Gasteiger charge is 2.15. The van der Waals surface area contributed by atoms with Crippen molar-refractivity contribution in [3.63, 3.8) is 0 Å². The third kappa shape index (κ3) is 5.83. The Hall–Kier alpha value is -3.44. The molecule has 0 saturated carbocycles. The summed E-state index contributed by atoms with van der Waals surface area (Å²) in [6.07, 6.45) is 3.85. The van der Waals surface area contributed by atoms with Crippen LogP contribution in [0.15, 0.2) is 78.9 Å². The quantitative estimate of drug-likeness (QED) is 0.566. The maximum Gasteiger partial charge on any atom is 0.255 e. The molecular formula is C27H29N3O2. The number of para-hydroxylation sites is 1. The monoisotopic (exact) mass is 427 g/mol. The molecule has 0 unspecified atom stereocenters. The summed E-state index contributed by atoms with van der Waals surface area (Å²) in [6.45, 7) is 3.64. The number of carbonyl (C=O) groups is 2. The van der Waals surface area contributed by atoms with Gasteiger partial charge in [-0.1, -0.05) is 61.0 Å². The molecule has 1 aliphatic rings. The van der Waals surface area contributed by atoms with E-state index in [4.69, 9.17) is 0 Å². The first-order chi connectivity index (χ1) is 15.7. The van der Waals surface area contributed by atoms with Crippen LogP contribution >= 0.6 is 0 Å². The average molecular weight is 428 g/mol. The molecule has 5 heteroatoms. The maximum atomic E-state index is 12.8. The van der Waals surface area contributed by atoms with Gasteiger partial charge in [-0.05, 0) is 61.3 Å². The minimum atomic E-state index is -0.224. The molecule has 1 saturated heterocycles. The van der Waals surface area contributed by atoms with Crippen LogP contribution in [-0.2, 0) is 13.1 Å². The number of rotatable bonds is 7. The number of nitrogens with one attached hydrogen (secondary N) is 2. The number of piperidine rings is 1. The predicted octanol–water partition coefficient (Wildman–Crippen LogP) is 4.85. The van der Waals surface area contributed by atoms with E-state index in [0.717, 1.165) is 25.2 Å². The predicted molar refractivity (Wildman–Crippen MR) is 128 cm³/mol. The van der Waals surface area contributed by atoms with E-state index < -0.39 is 0 Å². The molecule has 0 bridgehead atoms. The van der Waals surface area contributed by atoms with Crippen molar-refractivity contribution in [1.29, 1.82) is 0 Å². The van der Waals surface area contributed by atoms with Gasteiger partial charge in [0.15, 0.2) is 0 Å². The van der Waals surface area contributed by atoms with Gasteiger partial charge in [-0.15, -0.1) is 0 Å². The molecule has 0 aromatic heterocycles. The summed E-state index contributed by atoms with van der Waals surface area (Å²) in [5.74, 6) is -0.445. The minimum absolute atomic E-state index is 0.221. The van der Waals surface area contributed by atoms with Crippen LogP contribution in [0.25, 0.3) is 0 Å². The standard InChI is InChI=1S/C27H29N3O2/c31-26(23-15-13-22(14-16-23)20-30-17-7-2-8-18-30)29-25-12-6-5-11-24(25)27(32)28-19-21-9-3-1-4-10-21/h1,3-6,9-16H,2,7-8,17-20H2,(H,28,32)(H,29,31). The van der Waals surface area contributed by atoms with E-state index in [-0.39, 0.29) is 11.8 Å². The second-order valence-corrected chi connectivity index (χ2v) is 8.20. The molecule has 0 aliphatic carbocycles. The van der Waals surface area contributed by atoms with Gasteiger partial charge >= 0.3 is 0 Å². The van der Waals surface area contributed by atoms with Crippen LogP contribution in [0.3, 0.4) is 0 Å². The Morgan fingerprint density at radius 1 is 0.719 bits per heavy atom. The van der Waals surface area contributed by atoms with Gasteiger partial charge in [-0.2, -0.15) is 0 Å². The van der Waals surface area contributed by atoms with Crippen molar-refractivity contribution in [2.45, 2.75) is 32.4 Å². The summed E-state index contributed by atoms with van der Waals surface area (Å²) in [5.41, 5.74) is 3.75. The topological polar surface area (TPSA) is 61.4 Å². The van der Waals surface area contributed by atoms with Crippen molar-refractivity contribution in [2.24, 2.45) is 0 Å². The molecule has 164 valence electrons. The van der Waals surface area contributed by atoms with E-state index in [1.807, 2.05) is 60.7 Å². The lowest BCUT2D eigenvalue weighted by Crippen LogP contribution is -2.29. The van der Waals surface area contributed by atoms with E-state index in [2.05, 4.69) is 15.5 Å².